The second kappa shape index (κ2) is 5.64. The molecule has 0 saturated carbocycles. The average Bonchev–Trinajstić information content (AvgIpc) is 2.85. The van der Waals surface area contributed by atoms with E-state index >= 15 is 0 Å². The third kappa shape index (κ3) is 2.98. The largest absolute Gasteiger partial charge is 0.467 e. The van der Waals surface area contributed by atoms with Crippen LogP contribution >= 0.6 is 0 Å². The summed E-state index contributed by atoms with van der Waals surface area (Å²) in [4.78, 5) is 16.0. The number of carbonyl (C=O) groups excluding carboxylic acids is 1. The van der Waals surface area contributed by atoms with Crippen molar-refractivity contribution in [3.8, 4) is 0 Å². The van der Waals surface area contributed by atoms with E-state index in [0.717, 1.165) is 0 Å². The molecule has 1 unspecified atom stereocenters. The van der Waals surface area contributed by atoms with Crippen molar-refractivity contribution < 1.29 is 9.53 Å². The van der Waals surface area contributed by atoms with Crippen LogP contribution < -0.4 is 5.32 Å². The number of fused-ring (bicyclic) bond motifs is 1. The molecule has 0 aromatic carbocycles. The Morgan fingerprint density at radius 2 is 2.32 bits per heavy atom. The van der Waals surface area contributed by atoms with E-state index in [1.807, 2.05) is 13.8 Å². The van der Waals surface area contributed by atoms with Gasteiger partial charge < -0.3 is 10.1 Å². The highest BCUT2D eigenvalue weighted by atomic mass is 16.5. The van der Waals surface area contributed by atoms with Crippen molar-refractivity contribution >= 4 is 17.4 Å². The number of aromatic nitrogens is 4. The summed E-state index contributed by atoms with van der Waals surface area (Å²) in [6.07, 6.45) is 5.61. The second-order valence-electron chi connectivity index (χ2n) is 4.69. The highest BCUT2D eigenvalue weighted by molar-refractivity contribution is 5.80. The average molecular weight is 263 g/mol. The van der Waals surface area contributed by atoms with Crippen molar-refractivity contribution in [1.29, 1.82) is 0 Å². The number of carbonyl (C=O) groups is 1. The van der Waals surface area contributed by atoms with Crippen LogP contribution in [-0.4, -0.2) is 38.7 Å². The molecule has 1 N–H and O–H groups in total. The van der Waals surface area contributed by atoms with Crippen LogP contribution in [0.25, 0.3) is 5.65 Å². The number of nitrogens with zero attached hydrogens (tertiary/aromatic N) is 4. The number of ether oxygens (including phenoxy) is 1. The maximum absolute atomic E-state index is 11.8. The van der Waals surface area contributed by atoms with Gasteiger partial charge in [0.2, 0.25) is 5.65 Å². The number of anilines is 1. The smallest absolute Gasteiger partial charge is 0.328 e. The summed E-state index contributed by atoms with van der Waals surface area (Å²) in [5.41, 5.74) is 0.583. The van der Waals surface area contributed by atoms with Crippen molar-refractivity contribution in [2.24, 2.45) is 5.92 Å². The molecule has 7 heteroatoms. The molecule has 0 amide bonds. The molecule has 2 heterocycles. The molecule has 19 heavy (non-hydrogen) atoms. The van der Waals surface area contributed by atoms with E-state index in [1.165, 1.54) is 7.11 Å². The fourth-order valence-electron chi connectivity index (χ4n) is 1.85. The summed E-state index contributed by atoms with van der Waals surface area (Å²) >= 11 is 0. The minimum Gasteiger partial charge on any atom is -0.467 e. The van der Waals surface area contributed by atoms with Crippen LogP contribution in [0.1, 0.15) is 20.3 Å². The SMILES string of the molecule is COC(=O)C(CC(C)C)Nc1nccn2cnnc12. The molecule has 0 spiro atoms. The number of esters is 1. The zero-order valence-electron chi connectivity index (χ0n) is 11.2. The van der Waals surface area contributed by atoms with E-state index in [4.69, 9.17) is 4.74 Å². The predicted molar refractivity (Wildman–Crippen MR) is 69.7 cm³/mol. The maximum atomic E-state index is 11.8. The third-order valence-corrected chi connectivity index (χ3v) is 2.72. The lowest BCUT2D eigenvalue weighted by Crippen LogP contribution is -2.32. The van der Waals surface area contributed by atoms with E-state index in [2.05, 4.69) is 20.5 Å². The number of rotatable bonds is 5. The van der Waals surface area contributed by atoms with Crippen molar-refractivity contribution in [1.82, 2.24) is 19.6 Å². The van der Waals surface area contributed by atoms with E-state index < -0.39 is 6.04 Å². The van der Waals surface area contributed by atoms with Gasteiger partial charge in [0.1, 0.15) is 12.4 Å². The molecule has 102 valence electrons. The summed E-state index contributed by atoms with van der Waals surface area (Å²) in [6, 6.07) is -0.444. The first-order valence-corrected chi connectivity index (χ1v) is 6.10. The maximum Gasteiger partial charge on any atom is 0.328 e. The van der Waals surface area contributed by atoms with E-state index in [0.29, 0.717) is 23.8 Å². The normalized spacial score (nSPS) is 12.6. The lowest BCUT2D eigenvalue weighted by atomic mass is 10.0. The standard InChI is InChI=1S/C12H17N5O2/c1-8(2)6-9(12(18)19-3)15-10-11-16-14-7-17(11)5-4-13-10/h4-5,7-9H,6H2,1-3H3,(H,13,15). The van der Waals surface area contributed by atoms with E-state index in [1.54, 1.807) is 23.1 Å². The van der Waals surface area contributed by atoms with Gasteiger partial charge in [-0.25, -0.2) is 9.78 Å². The zero-order valence-corrected chi connectivity index (χ0v) is 11.2. The van der Waals surface area contributed by atoms with Gasteiger partial charge in [-0.05, 0) is 12.3 Å². The molecule has 0 fully saturated rings. The summed E-state index contributed by atoms with van der Waals surface area (Å²) in [7, 11) is 1.38. The van der Waals surface area contributed by atoms with Crippen LogP contribution in [0.3, 0.4) is 0 Å². The van der Waals surface area contributed by atoms with Crippen molar-refractivity contribution in [2.75, 3.05) is 12.4 Å². The molecule has 0 aliphatic rings. The van der Waals surface area contributed by atoms with Crippen molar-refractivity contribution in [3.05, 3.63) is 18.7 Å². The van der Waals surface area contributed by atoms with Crippen molar-refractivity contribution in [3.63, 3.8) is 0 Å². The molecule has 0 aliphatic heterocycles. The lowest BCUT2D eigenvalue weighted by Gasteiger charge is -2.18. The van der Waals surface area contributed by atoms with Gasteiger partial charge in [0, 0.05) is 12.4 Å². The molecule has 0 aliphatic carbocycles. The van der Waals surface area contributed by atoms with Gasteiger partial charge in [-0.1, -0.05) is 13.8 Å². The Kier molecular flexibility index (Phi) is 3.94. The van der Waals surface area contributed by atoms with Crippen molar-refractivity contribution in [2.45, 2.75) is 26.3 Å². The van der Waals surface area contributed by atoms with Crippen LogP contribution in [-0.2, 0) is 9.53 Å². The summed E-state index contributed by atoms with van der Waals surface area (Å²) in [5, 5.41) is 10.9. The van der Waals surface area contributed by atoms with Gasteiger partial charge in [0.05, 0.1) is 7.11 Å². The molecular weight excluding hydrogens is 246 g/mol. The molecule has 2 aromatic heterocycles. The zero-order chi connectivity index (χ0) is 13.8. The Hall–Kier alpha value is -2.18. The highest BCUT2D eigenvalue weighted by Crippen LogP contribution is 2.15. The van der Waals surface area contributed by atoms with Gasteiger partial charge in [-0.2, -0.15) is 0 Å². The van der Waals surface area contributed by atoms with Gasteiger partial charge in [-0.3, -0.25) is 4.40 Å². The van der Waals surface area contributed by atoms with Gasteiger partial charge in [0.15, 0.2) is 5.82 Å². The molecule has 0 radical (unpaired) electrons. The summed E-state index contributed by atoms with van der Waals surface area (Å²) in [5.74, 6) is 0.572. The van der Waals surface area contributed by atoms with E-state index in [9.17, 15) is 4.79 Å². The monoisotopic (exact) mass is 263 g/mol. The Morgan fingerprint density at radius 1 is 1.53 bits per heavy atom. The molecule has 0 saturated heterocycles. The molecule has 0 bridgehead atoms. The summed E-state index contributed by atoms with van der Waals surface area (Å²) in [6.45, 7) is 4.09. The van der Waals surface area contributed by atoms with Crippen LogP contribution in [0.15, 0.2) is 18.7 Å². The fraction of sp³-hybridized carbons (Fsp3) is 0.500. The predicted octanol–water partition coefficient (Wildman–Crippen LogP) is 1.12. The Morgan fingerprint density at radius 3 is 3.00 bits per heavy atom. The number of methoxy groups -OCH3 is 1. The quantitative estimate of drug-likeness (QED) is 0.814. The number of hydrogen-bond acceptors (Lipinski definition) is 6. The molecule has 2 aromatic rings. The van der Waals surface area contributed by atoms with Crippen LogP contribution in [0, 0.1) is 5.92 Å². The Balaban J connectivity index is 2.25. The first-order valence-electron chi connectivity index (χ1n) is 6.10. The molecule has 2 rings (SSSR count). The number of hydrogen-bond donors (Lipinski definition) is 1. The molecular formula is C12H17N5O2. The minimum atomic E-state index is -0.444. The minimum absolute atomic E-state index is 0.308. The van der Waals surface area contributed by atoms with Gasteiger partial charge in [0.25, 0.3) is 0 Å². The molecule has 1 atom stereocenters. The van der Waals surface area contributed by atoms with Gasteiger partial charge >= 0.3 is 5.97 Å². The van der Waals surface area contributed by atoms with Crippen LogP contribution in [0.4, 0.5) is 5.82 Å². The first kappa shape index (κ1) is 13.3. The fourth-order valence-corrected chi connectivity index (χ4v) is 1.85. The van der Waals surface area contributed by atoms with Crippen LogP contribution in [0.2, 0.25) is 0 Å². The third-order valence-electron chi connectivity index (χ3n) is 2.72. The lowest BCUT2D eigenvalue weighted by molar-refractivity contribution is -0.141. The summed E-state index contributed by atoms with van der Waals surface area (Å²) < 4.78 is 6.54. The first-order chi connectivity index (χ1) is 9.11. The second-order valence-corrected chi connectivity index (χ2v) is 4.69. The van der Waals surface area contributed by atoms with E-state index in [-0.39, 0.29) is 5.97 Å². The topological polar surface area (TPSA) is 81.4 Å². The Bertz CT molecular complexity index is 566. The van der Waals surface area contributed by atoms with Crippen LogP contribution in [0.5, 0.6) is 0 Å². The molecule has 7 nitrogen and oxygen atoms in total. The Labute approximate surface area is 111 Å². The number of nitrogens with one attached hydrogen (secondary N) is 1. The highest BCUT2D eigenvalue weighted by Gasteiger charge is 2.22. The van der Waals surface area contributed by atoms with Gasteiger partial charge in [-0.15, -0.1) is 10.2 Å².